The first-order chi connectivity index (χ1) is 12.8. The molecule has 0 spiro atoms. The van der Waals surface area contributed by atoms with Gasteiger partial charge in [0.25, 0.3) is 5.69 Å². The highest BCUT2D eigenvalue weighted by Crippen LogP contribution is 2.26. The summed E-state index contributed by atoms with van der Waals surface area (Å²) in [4.78, 5) is 25.8. The zero-order valence-corrected chi connectivity index (χ0v) is 15.4. The largest absolute Gasteiger partial charge is 0.358 e. The number of carbonyl (C=O) groups is 1. The number of H-pyrrole nitrogens is 1. The predicted molar refractivity (Wildman–Crippen MR) is 105 cm³/mol. The molecule has 3 rings (SSSR count). The first-order valence-corrected chi connectivity index (χ1v) is 8.50. The number of amides is 1. The van der Waals surface area contributed by atoms with Crippen LogP contribution >= 0.6 is 0 Å². The summed E-state index contributed by atoms with van der Waals surface area (Å²) in [6.45, 7) is 6.04. The lowest BCUT2D eigenvalue weighted by molar-refractivity contribution is -0.384. The predicted octanol–water partition coefficient (Wildman–Crippen LogP) is 3.69. The van der Waals surface area contributed by atoms with E-state index < -0.39 is 4.92 Å². The fraction of sp³-hybridized carbons (Fsp3) is 0.200. The number of nitrogens with zero attached hydrogens (tertiary/aromatic N) is 2. The number of aromatic amines is 1. The third kappa shape index (κ3) is 4.03. The number of hydrogen-bond acceptors (Lipinski definition) is 4. The second-order valence-electron chi connectivity index (χ2n) is 6.55. The third-order valence-electron chi connectivity index (χ3n) is 4.41. The zero-order valence-electron chi connectivity index (χ0n) is 15.4. The van der Waals surface area contributed by atoms with Gasteiger partial charge in [-0.05, 0) is 55.7 Å². The van der Waals surface area contributed by atoms with E-state index in [1.54, 1.807) is 12.1 Å². The Morgan fingerprint density at radius 1 is 1.22 bits per heavy atom. The lowest BCUT2D eigenvalue weighted by atomic mass is 10.0. The third-order valence-corrected chi connectivity index (χ3v) is 4.41. The molecule has 3 aromatic rings. The highest BCUT2D eigenvalue weighted by Gasteiger charge is 2.14. The Hall–Kier alpha value is -3.48. The molecule has 0 bridgehead atoms. The molecule has 138 valence electrons. The monoisotopic (exact) mass is 364 g/mol. The second-order valence-corrected chi connectivity index (χ2v) is 6.55. The van der Waals surface area contributed by atoms with Gasteiger partial charge < -0.3 is 4.98 Å². The van der Waals surface area contributed by atoms with Gasteiger partial charge in [-0.25, -0.2) is 5.43 Å². The summed E-state index contributed by atoms with van der Waals surface area (Å²) in [5, 5.41) is 15.6. The number of hydrazone groups is 1. The number of nitro groups is 1. The Bertz CT molecular complexity index is 1050. The number of aryl methyl sites for hydroxylation is 3. The minimum absolute atomic E-state index is 0.0107. The van der Waals surface area contributed by atoms with Gasteiger partial charge >= 0.3 is 0 Å². The first-order valence-electron chi connectivity index (χ1n) is 8.50. The van der Waals surface area contributed by atoms with Crippen molar-refractivity contribution >= 4 is 28.7 Å². The summed E-state index contributed by atoms with van der Waals surface area (Å²) >= 11 is 0. The van der Waals surface area contributed by atoms with Crippen LogP contribution < -0.4 is 5.43 Å². The molecule has 1 heterocycles. The van der Waals surface area contributed by atoms with Crippen molar-refractivity contribution < 1.29 is 9.72 Å². The Morgan fingerprint density at radius 2 is 1.93 bits per heavy atom. The van der Waals surface area contributed by atoms with Crippen LogP contribution in [-0.4, -0.2) is 22.0 Å². The van der Waals surface area contributed by atoms with Crippen molar-refractivity contribution in [1.29, 1.82) is 0 Å². The normalized spacial score (nSPS) is 11.2. The molecular formula is C20H20N4O3. The Balaban J connectivity index is 1.70. The van der Waals surface area contributed by atoms with E-state index in [4.69, 9.17) is 0 Å². The number of fused-ring (bicyclic) bond motifs is 1. The molecule has 0 aliphatic heterocycles. The van der Waals surface area contributed by atoms with Gasteiger partial charge in [0.1, 0.15) is 0 Å². The molecule has 0 saturated heterocycles. The molecule has 2 aromatic carbocycles. The topological polar surface area (TPSA) is 100 Å². The van der Waals surface area contributed by atoms with Crippen molar-refractivity contribution in [3.63, 3.8) is 0 Å². The maximum atomic E-state index is 12.3. The van der Waals surface area contributed by atoms with Gasteiger partial charge in [-0.1, -0.05) is 11.6 Å². The van der Waals surface area contributed by atoms with Crippen LogP contribution in [0.15, 0.2) is 41.5 Å². The second kappa shape index (κ2) is 7.41. The summed E-state index contributed by atoms with van der Waals surface area (Å²) < 4.78 is 0. The number of non-ortho nitro benzene ring substituents is 1. The van der Waals surface area contributed by atoms with Crippen LogP contribution in [-0.2, 0) is 11.2 Å². The molecule has 0 unspecified atom stereocenters. The average molecular weight is 364 g/mol. The Morgan fingerprint density at radius 3 is 2.59 bits per heavy atom. The molecule has 1 aromatic heterocycles. The maximum Gasteiger partial charge on any atom is 0.269 e. The van der Waals surface area contributed by atoms with Crippen molar-refractivity contribution in [2.75, 3.05) is 0 Å². The lowest BCUT2D eigenvalue weighted by Crippen LogP contribution is -2.20. The molecular weight excluding hydrogens is 344 g/mol. The van der Waals surface area contributed by atoms with Crippen molar-refractivity contribution in [2.45, 2.75) is 27.2 Å². The van der Waals surface area contributed by atoms with E-state index in [9.17, 15) is 14.9 Å². The SMILES string of the molecule is Cc1cc(C)c2[nH]c(C)c(CC(=O)N/N=C\c3ccc([N+](=O)[O-])cc3)c2c1. The smallest absolute Gasteiger partial charge is 0.269 e. The van der Waals surface area contributed by atoms with E-state index >= 15 is 0 Å². The molecule has 2 N–H and O–H groups in total. The fourth-order valence-corrected chi connectivity index (χ4v) is 3.13. The number of nitro benzene ring substituents is 1. The minimum atomic E-state index is -0.463. The molecule has 7 nitrogen and oxygen atoms in total. The fourth-order valence-electron chi connectivity index (χ4n) is 3.13. The van der Waals surface area contributed by atoms with Gasteiger partial charge in [0, 0.05) is 28.7 Å². The van der Waals surface area contributed by atoms with Crippen LogP contribution in [0.4, 0.5) is 5.69 Å². The maximum absolute atomic E-state index is 12.3. The average Bonchev–Trinajstić information content (AvgIpc) is 2.92. The van der Waals surface area contributed by atoms with Crippen molar-refractivity contribution in [3.05, 3.63) is 74.5 Å². The summed E-state index contributed by atoms with van der Waals surface area (Å²) in [5.74, 6) is -0.226. The van der Waals surface area contributed by atoms with Crippen LogP contribution in [0.3, 0.4) is 0 Å². The summed E-state index contributed by atoms with van der Waals surface area (Å²) in [5.41, 5.74) is 8.46. The summed E-state index contributed by atoms with van der Waals surface area (Å²) in [7, 11) is 0. The molecule has 27 heavy (non-hydrogen) atoms. The molecule has 0 saturated carbocycles. The van der Waals surface area contributed by atoms with E-state index in [0.717, 1.165) is 33.3 Å². The highest BCUT2D eigenvalue weighted by molar-refractivity contribution is 5.92. The number of rotatable bonds is 5. The molecule has 7 heteroatoms. The van der Waals surface area contributed by atoms with Crippen LogP contribution in [0.1, 0.15) is 27.9 Å². The number of nitrogens with one attached hydrogen (secondary N) is 2. The van der Waals surface area contributed by atoms with Gasteiger partial charge in [0.15, 0.2) is 0 Å². The van der Waals surface area contributed by atoms with Crippen LogP contribution in [0.2, 0.25) is 0 Å². The quantitative estimate of drug-likeness (QED) is 0.410. The molecule has 0 atom stereocenters. The van der Waals surface area contributed by atoms with E-state index in [0.29, 0.717) is 5.56 Å². The Kier molecular flexibility index (Phi) is 5.03. The van der Waals surface area contributed by atoms with E-state index in [-0.39, 0.29) is 18.0 Å². The van der Waals surface area contributed by atoms with Crippen molar-refractivity contribution in [2.24, 2.45) is 5.10 Å². The standard InChI is InChI=1S/C20H20N4O3/c1-12-8-13(2)20-18(9-12)17(14(3)22-20)10-19(25)23-21-11-15-4-6-16(7-5-15)24(26)27/h4-9,11,22H,10H2,1-3H3,(H,23,25)/b21-11-. The molecule has 0 fully saturated rings. The van der Waals surface area contributed by atoms with Crippen LogP contribution in [0.25, 0.3) is 10.9 Å². The zero-order chi connectivity index (χ0) is 19.6. The van der Waals surface area contributed by atoms with Crippen molar-refractivity contribution in [1.82, 2.24) is 10.4 Å². The van der Waals surface area contributed by atoms with Gasteiger partial charge in [0.05, 0.1) is 17.6 Å². The van der Waals surface area contributed by atoms with Crippen molar-refractivity contribution in [3.8, 4) is 0 Å². The van der Waals surface area contributed by atoms with Gasteiger partial charge in [0.2, 0.25) is 5.91 Å². The lowest BCUT2D eigenvalue weighted by Gasteiger charge is -2.03. The van der Waals surface area contributed by atoms with Gasteiger partial charge in [-0.2, -0.15) is 5.10 Å². The Labute approximate surface area is 156 Å². The van der Waals surface area contributed by atoms with E-state index in [1.165, 1.54) is 18.3 Å². The molecule has 0 aliphatic rings. The van der Waals surface area contributed by atoms with Gasteiger partial charge in [-0.15, -0.1) is 0 Å². The number of aromatic nitrogens is 1. The summed E-state index contributed by atoms with van der Waals surface area (Å²) in [6, 6.07) is 10.1. The number of carbonyl (C=O) groups excluding carboxylic acids is 1. The number of hydrogen-bond donors (Lipinski definition) is 2. The van der Waals surface area contributed by atoms with Gasteiger partial charge in [-0.3, -0.25) is 14.9 Å². The molecule has 0 radical (unpaired) electrons. The van der Waals surface area contributed by atoms with Crippen LogP contribution in [0.5, 0.6) is 0 Å². The highest BCUT2D eigenvalue weighted by atomic mass is 16.6. The van der Waals surface area contributed by atoms with E-state index in [1.807, 2.05) is 20.8 Å². The minimum Gasteiger partial charge on any atom is -0.358 e. The van der Waals surface area contributed by atoms with E-state index in [2.05, 4.69) is 27.6 Å². The van der Waals surface area contributed by atoms with Crippen LogP contribution in [0, 0.1) is 30.9 Å². The first kappa shape index (κ1) is 18.3. The summed E-state index contributed by atoms with van der Waals surface area (Å²) in [6.07, 6.45) is 1.67. The number of benzene rings is 2. The molecule has 0 aliphatic carbocycles. The molecule has 1 amide bonds.